The van der Waals surface area contributed by atoms with Crippen LogP contribution in [0.5, 0.6) is 0 Å². The summed E-state index contributed by atoms with van der Waals surface area (Å²) in [6, 6.07) is 4.24. The van der Waals surface area contributed by atoms with Crippen molar-refractivity contribution in [2.45, 2.75) is 58.7 Å². The van der Waals surface area contributed by atoms with Crippen LogP contribution in [0.2, 0.25) is 0 Å². The molecule has 5 nitrogen and oxygen atoms in total. The van der Waals surface area contributed by atoms with Gasteiger partial charge in [0.25, 0.3) is 0 Å². The van der Waals surface area contributed by atoms with E-state index in [1.807, 2.05) is 23.1 Å². The van der Waals surface area contributed by atoms with Gasteiger partial charge in [0.2, 0.25) is 0 Å². The predicted octanol–water partition coefficient (Wildman–Crippen LogP) is 3.36. The number of rotatable bonds is 6. The van der Waals surface area contributed by atoms with Gasteiger partial charge in [-0.1, -0.05) is 25.3 Å². The van der Waals surface area contributed by atoms with Crippen molar-refractivity contribution in [1.29, 1.82) is 0 Å². The van der Waals surface area contributed by atoms with E-state index in [0.717, 1.165) is 38.5 Å². The SMILES string of the molecule is CCn1cc(CNCc2cccnc2N2CCCCCCC2)cn1. The molecule has 0 radical (unpaired) electrons. The average molecular weight is 327 g/mol. The minimum absolute atomic E-state index is 0.842. The van der Waals surface area contributed by atoms with Gasteiger partial charge in [-0.2, -0.15) is 5.10 Å². The van der Waals surface area contributed by atoms with Crippen LogP contribution in [0.15, 0.2) is 30.7 Å². The highest BCUT2D eigenvalue weighted by atomic mass is 15.3. The average Bonchev–Trinajstić information content (AvgIpc) is 3.03. The third-order valence-electron chi connectivity index (χ3n) is 4.68. The van der Waals surface area contributed by atoms with Gasteiger partial charge in [0, 0.05) is 56.2 Å². The van der Waals surface area contributed by atoms with Crippen LogP contribution in [0.4, 0.5) is 5.82 Å². The van der Waals surface area contributed by atoms with Crippen molar-refractivity contribution in [1.82, 2.24) is 20.1 Å². The number of anilines is 1. The summed E-state index contributed by atoms with van der Waals surface area (Å²) in [6.45, 7) is 6.98. The van der Waals surface area contributed by atoms with Crippen molar-refractivity contribution >= 4 is 5.82 Å². The molecular weight excluding hydrogens is 298 g/mol. The van der Waals surface area contributed by atoms with Gasteiger partial charge in [0.05, 0.1) is 6.20 Å². The molecule has 2 aromatic rings. The minimum atomic E-state index is 0.842. The lowest BCUT2D eigenvalue weighted by molar-refractivity contribution is 0.551. The second kappa shape index (κ2) is 8.83. The van der Waals surface area contributed by atoms with E-state index in [-0.39, 0.29) is 0 Å². The number of aromatic nitrogens is 3. The molecule has 0 bridgehead atoms. The van der Waals surface area contributed by atoms with Gasteiger partial charge in [0.1, 0.15) is 5.82 Å². The molecule has 1 aliphatic rings. The smallest absolute Gasteiger partial charge is 0.133 e. The van der Waals surface area contributed by atoms with Crippen LogP contribution in [0.25, 0.3) is 0 Å². The Balaban J connectivity index is 1.60. The number of nitrogens with one attached hydrogen (secondary N) is 1. The van der Waals surface area contributed by atoms with Crippen LogP contribution in [0.1, 0.15) is 50.2 Å². The molecule has 2 aromatic heterocycles. The second-order valence-electron chi connectivity index (χ2n) is 6.55. The first kappa shape index (κ1) is 17.0. The molecule has 1 aliphatic heterocycles. The van der Waals surface area contributed by atoms with Crippen LogP contribution < -0.4 is 10.2 Å². The molecule has 1 fully saturated rings. The molecule has 0 amide bonds. The van der Waals surface area contributed by atoms with Gasteiger partial charge < -0.3 is 10.2 Å². The summed E-state index contributed by atoms with van der Waals surface area (Å²) in [5.41, 5.74) is 2.52. The predicted molar refractivity (Wildman–Crippen MR) is 98.0 cm³/mol. The standard InChI is InChI=1S/C19H29N5/c1-2-24-16-17(14-22-24)13-20-15-18-9-8-10-21-19(18)23-11-6-4-3-5-7-12-23/h8-10,14,16,20H,2-7,11-13,15H2,1H3. The molecule has 0 atom stereocenters. The van der Waals surface area contributed by atoms with Crippen LogP contribution in [0, 0.1) is 0 Å². The Kier molecular flexibility index (Phi) is 6.24. The van der Waals surface area contributed by atoms with E-state index in [4.69, 9.17) is 0 Å². The Morgan fingerprint density at radius 1 is 1.08 bits per heavy atom. The van der Waals surface area contributed by atoms with Gasteiger partial charge in [-0.25, -0.2) is 4.98 Å². The van der Waals surface area contributed by atoms with Crippen molar-refractivity contribution in [3.05, 3.63) is 41.9 Å². The van der Waals surface area contributed by atoms with E-state index < -0.39 is 0 Å². The zero-order valence-corrected chi connectivity index (χ0v) is 14.7. The molecule has 0 aliphatic carbocycles. The van der Waals surface area contributed by atoms with E-state index in [0.29, 0.717) is 0 Å². The van der Waals surface area contributed by atoms with Gasteiger partial charge in [0.15, 0.2) is 0 Å². The first-order valence-corrected chi connectivity index (χ1v) is 9.27. The number of pyridine rings is 1. The normalized spacial score (nSPS) is 16.0. The van der Waals surface area contributed by atoms with Crippen molar-refractivity contribution < 1.29 is 0 Å². The molecule has 5 heteroatoms. The van der Waals surface area contributed by atoms with Gasteiger partial charge in [-0.05, 0) is 25.8 Å². The summed E-state index contributed by atoms with van der Waals surface area (Å²) < 4.78 is 1.97. The molecule has 0 saturated carbocycles. The first-order chi connectivity index (χ1) is 11.9. The fraction of sp³-hybridized carbons (Fsp3) is 0.579. The highest BCUT2D eigenvalue weighted by molar-refractivity contribution is 5.46. The second-order valence-corrected chi connectivity index (χ2v) is 6.55. The van der Waals surface area contributed by atoms with Gasteiger partial charge >= 0.3 is 0 Å². The summed E-state index contributed by atoms with van der Waals surface area (Å²) in [7, 11) is 0. The summed E-state index contributed by atoms with van der Waals surface area (Å²) in [5, 5.41) is 7.87. The maximum Gasteiger partial charge on any atom is 0.133 e. The Bertz CT molecular complexity index is 614. The van der Waals surface area contributed by atoms with E-state index in [1.54, 1.807) is 0 Å². The van der Waals surface area contributed by atoms with E-state index in [1.165, 1.54) is 43.2 Å². The molecule has 130 valence electrons. The highest BCUT2D eigenvalue weighted by Gasteiger charge is 2.13. The lowest BCUT2D eigenvalue weighted by atomic mass is 10.1. The van der Waals surface area contributed by atoms with Crippen LogP contribution in [-0.4, -0.2) is 27.9 Å². The third-order valence-corrected chi connectivity index (χ3v) is 4.68. The Morgan fingerprint density at radius 2 is 1.88 bits per heavy atom. The maximum absolute atomic E-state index is 4.69. The molecule has 0 spiro atoms. The summed E-state index contributed by atoms with van der Waals surface area (Å²) >= 11 is 0. The minimum Gasteiger partial charge on any atom is -0.356 e. The number of nitrogens with zero attached hydrogens (tertiary/aromatic N) is 4. The van der Waals surface area contributed by atoms with E-state index in [2.05, 4.69) is 39.5 Å². The summed E-state index contributed by atoms with van der Waals surface area (Å²) in [4.78, 5) is 7.16. The molecule has 0 aromatic carbocycles. The third kappa shape index (κ3) is 4.57. The monoisotopic (exact) mass is 327 g/mol. The zero-order chi connectivity index (χ0) is 16.6. The van der Waals surface area contributed by atoms with Crippen LogP contribution in [0.3, 0.4) is 0 Å². The Hall–Kier alpha value is -1.88. The lowest BCUT2D eigenvalue weighted by Gasteiger charge is -2.27. The van der Waals surface area contributed by atoms with Gasteiger partial charge in [-0.3, -0.25) is 4.68 Å². The topological polar surface area (TPSA) is 46.0 Å². The fourth-order valence-electron chi connectivity index (χ4n) is 3.32. The van der Waals surface area contributed by atoms with Crippen molar-refractivity contribution in [2.75, 3.05) is 18.0 Å². The number of hydrogen-bond donors (Lipinski definition) is 1. The van der Waals surface area contributed by atoms with Crippen LogP contribution in [-0.2, 0) is 19.6 Å². The molecule has 1 N–H and O–H groups in total. The van der Waals surface area contributed by atoms with Crippen molar-refractivity contribution in [2.24, 2.45) is 0 Å². The summed E-state index contributed by atoms with van der Waals surface area (Å²) in [6.07, 6.45) is 12.6. The van der Waals surface area contributed by atoms with E-state index in [9.17, 15) is 0 Å². The van der Waals surface area contributed by atoms with Gasteiger partial charge in [-0.15, -0.1) is 0 Å². The van der Waals surface area contributed by atoms with Crippen molar-refractivity contribution in [3.8, 4) is 0 Å². The highest BCUT2D eigenvalue weighted by Crippen LogP contribution is 2.21. The lowest BCUT2D eigenvalue weighted by Crippen LogP contribution is -2.29. The summed E-state index contributed by atoms with van der Waals surface area (Å²) in [5.74, 6) is 1.16. The number of hydrogen-bond acceptors (Lipinski definition) is 4. The molecular formula is C19H29N5. The fourth-order valence-corrected chi connectivity index (χ4v) is 3.32. The van der Waals surface area contributed by atoms with Crippen LogP contribution >= 0.6 is 0 Å². The molecule has 1 saturated heterocycles. The van der Waals surface area contributed by atoms with E-state index >= 15 is 0 Å². The largest absolute Gasteiger partial charge is 0.356 e. The quantitative estimate of drug-likeness (QED) is 0.884. The first-order valence-electron chi connectivity index (χ1n) is 9.27. The number of aryl methyl sites for hydroxylation is 1. The molecule has 24 heavy (non-hydrogen) atoms. The molecule has 0 unspecified atom stereocenters. The Morgan fingerprint density at radius 3 is 2.62 bits per heavy atom. The maximum atomic E-state index is 4.69. The zero-order valence-electron chi connectivity index (χ0n) is 14.7. The molecule has 3 heterocycles. The molecule has 3 rings (SSSR count). The van der Waals surface area contributed by atoms with Crippen molar-refractivity contribution in [3.63, 3.8) is 0 Å². The Labute approximate surface area is 145 Å².